The summed E-state index contributed by atoms with van der Waals surface area (Å²) in [4.78, 5) is 2.43. The lowest BCUT2D eigenvalue weighted by molar-refractivity contribution is 0.673. The van der Waals surface area contributed by atoms with E-state index in [1.165, 1.54) is 49.5 Å². The van der Waals surface area contributed by atoms with E-state index in [1.54, 1.807) is 0 Å². The Labute approximate surface area is 342 Å². The second-order valence-corrected chi connectivity index (χ2v) is 15.5. The molecular weight excluding hydrogens is 715 g/mol. The molecular formula is C57H37NO. The molecule has 1 heterocycles. The van der Waals surface area contributed by atoms with Gasteiger partial charge in [-0.3, -0.25) is 0 Å². The van der Waals surface area contributed by atoms with E-state index >= 15 is 0 Å². The molecule has 0 amide bonds. The molecule has 12 rings (SSSR count). The maximum absolute atomic E-state index is 7.37. The second kappa shape index (κ2) is 13.2. The largest absolute Gasteiger partial charge is 0.453 e. The fourth-order valence-corrected chi connectivity index (χ4v) is 10.1. The van der Waals surface area contributed by atoms with Crippen molar-refractivity contribution >= 4 is 60.5 Å². The third-order valence-electron chi connectivity index (χ3n) is 12.5. The number of hydrogen-bond donors (Lipinski definition) is 0. The summed E-state index contributed by atoms with van der Waals surface area (Å²) in [7, 11) is 0. The summed E-state index contributed by atoms with van der Waals surface area (Å²) in [6.45, 7) is 0. The van der Waals surface area contributed by atoms with Crippen molar-refractivity contribution in [3.8, 4) is 22.3 Å². The number of furan rings is 1. The molecule has 0 atom stereocenters. The highest BCUT2D eigenvalue weighted by molar-refractivity contribution is 6.31. The lowest BCUT2D eigenvalue weighted by Gasteiger charge is -2.35. The van der Waals surface area contributed by atoms with Gasteiger partial charge >= 0.3 is 0 Å². The number of rotatable bonds is 6. The van der Waals surface area contributed by atoms with Crippen LogP contribution in [0.1, 0.15) is 22.3 Å². The van der Waals surface area contributed by atoms with E-state index in [2.05, 4.69) is 229 Å². The van der Waals surface area contributed by atoms with Gasteiger partial charge < -0.3 is 9.32 Å². The van der Waals surface area contributed by atoms with Gasteiger partial charge in [-0.05, 0) is 85.4 Å². The van der Waals surface area contributed by atoms with Gasteiger partial charge in [0.25, 0.3) is 0 Å². The van der Waals surface area contributed by atoms with Crippen LogP contribution >= 0.6 is 0 Å². The van der Waals surface area contributed by atoms with Gasteiger partial charge in [0.05, 0.1) is 11.1 Å². The molecule has 59 heavy (non-hydrogen) atoms. The number of hydrogen-bond acceptors (Lipinski definition) is 2. The van der Waals surface area contributed by atoms with E-state index in [1.807, 2.05) is 0 Å². The van der Waals surface area contributed by atoms with Crippen molar-refractivity contribution in [3.05, 3.63) is 247 Å². The summed E-state index contributed by atoms with van der Waals surface area (Å²) in [5, 5.41) is 6.95. The van der Waals surface area contributed by atoms with Gasteiger partial charge in [-0.15, -0.1) is 0 Å². The van der Waals surface area contributed by atoms with E-state index in [0.29, 0.717) is 0 Å². The summed E-state index contributed by atoms with van der Waals surface area (Å²) in [6, 6.07) is 81.6. The minimum Gasteiger partial charge on any atom is -0.453 e. The zero-order chi connectivity index (χ0) is 38.9. The molecule has 0 fully saturated rings. The van der Waals surface area contributed by atoms with Crippen molar-refractivity contribution in [2.24, 2.45) is 0 Å². The van der Waals surface area contributed by atoms with E-state index in [0.717, 1.165) is 55.5 Å². The molecule has 0 spiro atoms. The normalized spacial score (nSPS) is 12.9. The molecule has 0 aliphatic heterocycles. The molecule has 1 aliphatic carbocycles. The highest BCUT2D eigenvalue weighted by Crippen LogP contribution is 2.58. The zero-order valence-electron chi connectivity index (χ0n) is 32.2. The van der Waals surface area contributed by atoms with E-state index in [9.17, 15) is 0 Å². The Morgan fingerprint density at radius 1 is 0.339 bits per heavy atom. The highest BCUT2D eigenvalue weighted by Gasteiger charge is 2.46. The van der Waals surface area contributed by atoms with Gasteiger partial charge in [-0.2, -0.15) is 0 Å². The SMILES string of the molecule is c1ccc(-c2ccc3c(oc4c5ccccc5c5ccccc5c34)c2N(c2ccccc2)c2ccc3c(c2)C(c2ccccc2)(c2ccccc2)c2ccccc2-3)cc1. The third-order valence-corrected chi connectivity index (χ3v) is 12.5. The maximum atomic E-state index is 7.37. The predicted molar refractivity (Wildman–Crippen MR) is 246 cm³/mol. The van der Waals surface area contributed by atoms with Crippen LogP contribution in [0.15, 0.2) is 229 Å². The molecule has 0 saturated carbocycles. The van der Waals surface area contributed by atoms with Crippen LogP contribution in [0.2, 0.25) is 0 Å². The molecule has 0 unspecified atom stereocenters. The first-order valence-electron chi connectivity index (χ1n) is 20.4. The van der Waals surface area contributed by atoms with Gasteiger partial charge in [0, 0.05) is 33.1 Å². The van der Waals surface area contributed by atoms with E-state index < -0.39 is 5.41 Å². The van der Waals surface area contributed by atoms with Gasteiger partial charge in [0.2, 0.25) is 0 Å². The number of fused-ring (bicyclic) bond motifs is 11. The summed E-state index contributed by atoms with van der Waals surface area (Å²) >= 11 is 0. The summed E-state index contributed by atoms with van der Waals surface area (Å²) in [5.74, 6) is 0. The van der Waals surface area contributed by atoms with Crippen LogP contribution in [0, 0.1) is 0 Å². The van der Waals surface area contributed by atoms with Crippen molar-refractivity contribution in [2.45, 2.75) is 5.41 Å². The maximum Gasteiger partial charge on any atom is 0.160 e. The van der Waals surface area contributed by atoms with Crippen molar-refractivity contribution in [1.82, 2.24) is 0 Å². The zero-order valence-corrected chi connectivity index (χ0v) is 32.2. The lowest BCUT2D eigenvalue weighted by Crippen LogP contribution is -2.28. The number of benzene rings is 10. The molecule has 0 radical (unpaired) electrons. The van der Waals surface area contributed by atoms with Crippen molar-refractivity contribution in [1.29, 1.82) is 0 Å². The standard InChI is InChI=1S/C57H37NO/c1-5-19-38(20-6-1)43-35-36-50-53-48-30-15-13-27-44(48)45-28-14-16-31-49(45)55(53)59-56(50)54(43)58(41-25-11-4-12-26-41)42-33-34-47-46-29-17-18-32-51(46)57(52(47)37-42,39-21-7-2-8-22-39)40-23-9-3-10-24-40/h1-37H. The Morgan fingerprint density at radius 2 is 0.864 bits per heavy atom. The lowest BCUT2D eigenvalue weighted by atomic mass is 9.67. The Kier molecular flexibility index (Phi) is 7.48. The fraction of sp³-hybridized carbons (Fsp3) is 0.0175. The second-order valence-electron chi connectivity index (χ2n) is 15.5. The predicted octanol–water partition coefficient (Wildman–Crippen LogP) is 15.4. The Hall–Kier alpha value is -7.68. The van der Waals surface area contributed by atoms with Crippen LogP contribution in [0.25, 0.3) is 65.7 Å². The molecule has 2 heteroatoms. The summed E-state index contributed by atoms with van der Waals surface area (Å²) < 4.78 is 7.37. The van der Waals surface area contributed by atoms with Crippen molar-refractivity contribution < 1.29 is 4.42 Å². The molecule has 1 aliphatic rings. The van der Waals surface area contributed by atoms with E-state index in [4.69, 9.17) is 4.42 Å². The average Bonchev–Trinajstić information content (AvgIpc) is 3.85. The van der Waals surface area contributed by atoms with E-state index in [-0.39, 0.29) is 0 Å². The molecule has 0 bridgehead atoms. The van der Waals surface area contributed by atoms with Crippen LogP contribution in [0.3, 0.4) is 0 Å². The molecule has 10 aromatic carbocycles. The van der Waals surface area contributed by atoms with Gasteiger partial charge in [-0.1, -0.05) is 194 Å². The molecule has 11 aromatic rings. The molecule has 0 saturated heterocycles. The van der Waals surface area contributed by atoms with Crippen LogP contribution in [0.4, 0.5) is 17.1 Å². The molecule has 0 N–H and O–H groups in total. The van der Waals surface area contributed by atoms with Crippen molar-refractivity contribution in [2.75, 3.05) is 4.90 Å². The number of anilines is 3. The van der Waals surface area contributed by atoms with Crippen LogP contribution in [-0.4, -0.2) is 0 Å². The number of para-hydroxylation sites is 1. The Balaban J connectivity index is 1.22. The first-order valence-corrected chi connectivity index (χ1v) is 20.4. The monoisotopic (exact) mass is 751 g/mol. The van der Waals surface area contributed by atoms with Crippen LogP contribution < -0.4 is 4.90 Å². The number of nitrogens with zero attached hydrogens (tertiary/aromatic N) is 1. The molecule has 276 valence electrons. The van der Waals surface area contributed by atoms with Crippen LogP contribution in [-0.2, 0) is 5.41 Å². The summed E-state index contributed by atoms with van der Waals surface area (Å²) in [5.41, 5.74) is 14.1. The van der Waals surface area contributed by atoms with Gasteiger partial charge in [0.15, 0.2) is 5.58 Å². The minimum atomic E-state index is -0.543. The van der Waals surface area contributed by atoms with Gasteiger partial charge in [-0.25, -0.2) is 0 Å². The fourth-order valence-electron chi connectivity index (χ4n) is 10.1. The average molecular weight is 752 g/mol. The Bertz CT molecular complexity index is 3330. The molecule has 1 aromatic heterocycles. The smallest absolute Gasteiger partial charge is 0.160 e. The highest BCUT2D eigenvalue weighted by atomic mass is 16.3. The minimum absolute atomic E-state index is 0.543. The topological polar surface area (TPSA) is 16.4 Å². The van der Waals surface area contributed by atoms with Gasteiger partial charge in [0.1, 0.15) is 5.58 Å². The quantitative estimate of drug-likeness (QED) is 0.157. The first-order chi connectivity index (χ1) is 29.3. The Morgan fingerprint density at radius 3 is 1.56 bits per heavy atom. The van der Waals surface area contributed by atoms with Crippen molar-refractivity contribution in [3.63, 3.8) is 0 Å². The van der Waals surface area contributed by atoms with Crippen LogP contribution in [0.5, 0.6) is 0 Å². The molecule has 2 nitrogen and oxygen atoms in total. The summed E-state index contributed by atoms with van der Waals surface area (Å²) in [6.07, 6.45) is 0. The third kappa shape index (κ3) is 4.87. The first kappa shape index (κ1) is 33.5.